The molecule has 2 aromatic rings. The summed E-state index contributed by atoms with van der Waals surface area (Å²) < 4.78 is 22.9. The number of halogens is 2. The second kappa shape index (κ2) is 7.19. The number of carbonyl (C=O) groups is 2. The molecule has 0 bridgehead atoms. The van der Waals surface area contributed by atoms with Gasteiger partial charge >= 0.3 is 11.9 Å². The summed E-state index contributed by atoms with van der Waals surface area (Å²) >= 11 is 5.70. The number of benzene rings is 1. The number of hydrogen-bond donors (Lipinski definition) is 0. The molecule has 5 nitrogen and oxygen atoms in total. The Hall–Kier alpha value is -2.47. The fourth-order valence-electron chi connectivity index (χ4n) is 1.82. The van der Waals surface area contributed by atoms with Crippen molar-refractivity contribution < 1.29 is 23.5 Å². The van der Waals surface area contributed by atoms with E-state index in [2.05, 4.69) is 9.72 Å². The molecule has 7 heteroatoms. The molecule has 1 aromatic carbocycles. The third-order valence-electron chi connectivity index (χ3n) is 3.05. The largest absolute Gasteiger partial charge is 0.464 e. The Morgan fingerprint density at radius 2 is 1.83 bits per heavy atom. The lowest BCUT2D eigenvalue weighted by Crippen LogP contribution is -2.13. The van der Waals surface area contributed by atoms with Crippen molar-refractivity contribution in [2.75, 3.05) is 7.11 Å². The molecule has 0 aliphatic heterocycles. The topological polar surface area (TPSA) is 65.5 Å². The minimum Gasteiger partial charge on any atom is -0.464 e. The predicted octanol–water partition coefficient (Wildman–Crippen LogP) is 3.58. The van der Waals surface area contributed by atoms with Gasteiger partial charge in [0.25, 0.3) is 0 Å². The first kappa shape index (κ1) is 16.9. The van der Waals surface area contributed by atoms with E-state index in [1.165, 1.54) is 43.5 Å². The minimum atomic E-state index is -0.719. The van der Waals surface area contributed by atoms with Crippen LogP contribution in [0.5, 0.6) is 0 Å². The molecule has 0 aliphatic carbocycles. The fraction of sp³-hybridized carbons (Fsp3) is 0.188. The summed E-state index contributed by atoms with van der Waals surface area (Å²) in [5, 5.41) is -0.0591. The van der Waals surface area contributed by atoms with Gasteiger partial charge in [0.05, 0.1) is 12.1 Å². The minimum absolute atomic E-state index is 0.000528. The van der Waals surface area contributed by atoms with Crippen LogP contribution in [-0.4, -0.2) is 24.0 Å². The highest BCUT2D eigenvalue weighted by atomic mass is 35.5. The monoisotopic (exact) mass is 337 g/mol. The molecule has 0 spiro atoms. The van der Waals surface area contributed by atoms with Crippen molar-refractivity contribution in [1.82, 2.24) is 4.98 Å². The second-order valence-electron chi connectivity index (χ2n) is 4.62. The number of ether oxygens (including phenoxy) is 2. The van der Waals surface area contributed by atoms with Crippen molar-refractivity contribution in [1.29, 1.82) is 0 Å². The van der Waals surface area contributed by atoms with Gasteiger partial charge in [0.15, 0.2) is 0 Å². The number of methoxy groups -OCH3 is 1. The first-order chi connectivity index (χ1) is 10.9. The lowest BCUT2D eigenvalue weighted by molar-refractivity contribution is 0.0330. The summed E-state index contributed by atoms with van der Waals surface area (Å²) in [5.41, 5.74) is 0.501. The van der Waals surface area contributed by atoms with E-state index in [1.54, 1.807) is 6.92 Å². The molecule has 23 heavy (non-hydrogen) atoms. The van der Waals surface area contributed by atoms with Crippen molar-refractivity contribution in [3.8, 4) is 0 Å². The fourth-order valence-corrected chi connectivity index (χ4v) is 2.01. The van der Waals surface area contributed by atoms with Crippen LogP contribution >= 0.6 is 11.6 Å². The van der Waals surface area contributed by atoms with E-state index in [-0.39, 0.29) is 16.4 Å². The number of nitrogens with zero attached hydrogens (tertiary/aromatic N) is 1. The Morgan fingerprint density at radius 3 is 2.43 bits per heavy atom. The van der Waals surface area contributed by atoms with Crippen LogP contribution in [0.2, 0.25) is 5.02 Å². The second-order valence-corrected chi connectivity index (χ2v) is 5.03. The van der Waals surface area contributed by atoms with Crippen LogP contribution in [0.15, 0.2) is 36.4 Å². The number of hydrogen-bond acceptors (Lipinski definition) is 5. The molecule has 0 fully saturated rings. The summed E-state index contributed by atoms with van der Waals surface area (Å²) in [7, 11) is 1.22. The lowest BCUT2D eigenvalue weighted by Gasteiger charge is -2.14. The first-order valence-corrected chi connectivity index (χ1v) is 7.01. The normalized spacial score (nSPS) is 11.7. The van der Waals surface area contributed by atoms with Gasteiger partial charge in [-0.3, -0.25) is 0 Å². The zero-order chi connectivity index (χ0) is 17.0. The zero-order valence-corrected chi connectivity index (χ0v) is 13.1. The predicted molar refractivity (Wildman–Crippen MR) is 80.8 cm³/mol. The molecule has 1 aromatic heterocycles. The summed E-state index contributed by atoms with van der Waals surface area (Å²) in [5.74, 6) is -1.93. The first-order valence-electron chi connectivity index (χ1n) is 6.63. The molecule has 0 unspecified atom stereocenters. The molecule has 2 rings (SSSR count). The average Bonchev–Trinajstić information content (AvgIpc) is 2.56. The third kappa shape index (κ3) is 4.04. The van der Waals surface area contributed by atoms with Crippen LogP contribution < -0.4 is 0 Å². The Balaban J connectivity index is 2.15. The third-order valence-corrected chi connectivity index (χ3v) is 3.34. The van der Waals surface area contributed by atoms with E-state index in [1.807, 2.05) is 0 Å². The van der Waals surface area contributed by atoms with Gasteiger partial charge in [0.1, 0.15) is 23.3 Å². The van der Waals surface area contributed by atoms with Crippen LogP contribution in [0.25, 0.3) is 0 Å². The maximum absolute atomic E-state index is 13.1. The summed E-state index contributed by atoms with van der Waals surface area (Å²) in [4.78, 5) is 27.4. The average molecular weight is 338 g/mol. The standard InChI is InChI=1S/C16H13ClFNO4/c1-9(10-6-7-12(18)11(17)8-10)23-16(21)14-5-3-4-13(19-14)15(20)22-2/h3-9H,1-2H3/t9-/m0/s1. The summed E-state index contributed by atoms with van der Waals surface area (Å²) in [6.07, 6.45) is -0.663. The highest BCUT2D eigenvalue weighted by Crippen LogP contribution is 2.23. The van der Waals surface area contributed by atoms with Gasteiger partial charge in [-0.15, -0.1) is 0 Å². The quantitative estimate of drug-likeness (QED) is 0.798. The molecular formula is C16H13ClFNO4. The lowest BCUT2D eigenvalue weighted by atomic mass is 10.1. The summed E-state index contributed by atoms with van der Waals surface area (Å²) in [6, 6.07) is 8.38. The van der Waals surface area contributed by atoms with Gasteiger partial charge in [-0.05, 0) is 36.8 Å². The molecule has 0 radical (unpaired) electrons. The van der Waals surface area contributed by atoms with Crippen LogP contribution in [0.1, 0.15) is 39.6 Å². The van der Waals surface area contributed by atoms with Crippen LogP contribution in [0, 0.1) is 5.82 Å². The molecule has 0 aliphatic rings. The molecule has 1 atom stereocenters. The Bertz CT molecular complexity index is 751. The molecular weight excluding hydrogens is 325 g/mol. The molecule has 0 saturated carbocycles. The van der Waals surface area contributed by atoms with Crippen LogP contribution in [0.3, 0.4) is 0 Å². The Labute approximate surface area is 137 Å². The molecule has 120 valence electrons. The van der Waals surface area contributed by atoms with Crippen molar-refractivity contribution in [3.05, 3.63) is 64.2 Å². The number of rotatable bonds is 4. The number of esters is 2. The van der Waals surface area contributed by atoms with E-state index in [0.717, 1.165) is 0 Å². The van der Waals surface area contributed by atoms with Crippen molar-refractivity contribution in [2.24, 2.45) is 0 Å². The van der Waals surface area contributed by atoms with Crippen molar-refractivity contribution >= 4 is 23.5 Å². The van der Waals surface area contributed by atoms with Crippen LogP contribution in [-0.2, 0) is 9.47 Å². The smallest absolute Gasteiger partial charge is 0.357 e. The number of aromatic nitrogens is 1. The van der Waals surface area contributed by atoms with Crippen molar-refractivity contribution in [3.63, 3.8) is 0 Å². The molecule has 0 N–H and O–H groups in total. The van der Waals surface area contributed by atoms with E-state index in [0.29, 0.717) is 5.56 Å². The van der Waals surface area contributed by atoms with Crippen molar-refractivity contribution in [2.45, 2.75) is 13.0 Å². The molecule has 0 amide bonds. The Kier molecular flexibility index (Phi) is 5.28. The maximum Gasteiger partial charge on any atom is 0.357 e. The maximum atomic E-state index is 13.1. The van der Waals surface area contributed by atoms with E-state index in [9.17, 15) is 14.0 Å². The highest BCUT2D eigenvalue weighted by molar-refractivity contribution is 6.30. The van der Waals surface area contributed by atoms with E-state index >= 15 is 0 Å². The van der Waals surface area contributed by atoms with E-state index < -0.39 is 23.9 Å². The van der Waals surface area contributed by atoms with Crippen LogP contribution in [0.4, 0.5) is 4.39 Å². The molecule has 1 heterocycles. The van der Waals surface area contributed by atoms with Gasteiger partial charge < -0.3 is 9.47 Å². The van der Waals surface area contributed by atoms with Gasteiger partial charge in [0, 0.05) is 0 Å². The van der Waals surface area contributed by atoms with Gasteiger partial charge in [-0.1, -0.05) is 23.7 Å². The van der Waals surface area contributed by atoms with Gasteiger partial charge in [-0.25, -0.2) is 19.0 Å². The highest BCUT2D eigenvalue weighted by Gasteiger charge is 2.18. The zero-order valence-electron chi connectivity index (χ0n) is 12.4. The van der Waals surface area contributed by atoms with E-state index in [4.69, 9.17) is 16.3 Å². The SMILES string of the molecule is COC(=O)c1cccc(C(=O)O[C@@H](C)c2ccc(F)c(Cl)c2)n1. The van der Waals surface area contributed by atoms with Gasteiger partial charge in [0.2, 0.25) is 0 Å². The summed E-state index contributed by atoms with van der Waals surface area (Å²) in [6.45, 7) is 1.62. The molecule has 0 saturated heterocycles. The number of pyridine rings is 1. The van der Waals surface area contributed by atoms with Gasteiger partial charge in [-0.2, -0.15) is 0 Å². The number of carbonyl (C=O) groups excluding carboxylic acids is 2. The Morgan fingerprint density at radius 1 is 1.17 bits per heavy atom.